The highest BCUT2D eigenvalue weighted by molar-refractivity contribution is 6.14. The van der Waals surface area contributed by atoms with E-state index in [9.17, 15) is 18.0 Å². The number of Topliss-reactive ketones (excluding diaryl/α,β-unsaturated/α-hetero) is 1. The van der Waals surface area contributed by atoms with Crippen molar-refractivity contribution in [2.75, 3.05) is 0 Å². The number of nitrogens with zero attached hydrogens (tertiary/aromatic N) is 2. The number of nitriles is 2. The van der Waals surface area contributed by atoms with Gasteiger partial charge in [-0.25, -0.2) is 0 Å². The molecule has 0 radical (unpaired) electrons. The van der Waals surface area contributed by atoms with E-state index in [4.69, 9.17) is 10.5 Å². The smallest absolute Gasteiger partial charge is 0.288 e. The van der Waals surface area contributed by atoms with Gasteiger partial charge in [0.25, 0.3) is 0 Å². The zero-order valence-electron chi connectivity index (χ0n) is 12.1. The number of alkyl halides is 3. The van der Waals surface area contributed by atoms with Crippen LogP contribution in [0.4, 0.5) is 13.2 Å². The van der Waals surface area contributed by atoms with Crippen molar-refractivity contribution in [2.45, 2.75) is 6.18 Å². The molecule has 0 heterocycles. The minimum absolute atomic E-state index is 0.117. The molecule has 0 fully saturated rings. The van der Waals surface area contributed by atoms with E-state index < -0.39 is 23.1 Å². The van der Waals surface area contributed by atoms with Crippen molar-refractivity contribution in [3.63, 3.8) is 0 Å². The number of ketones is 1. The van der Waals surface area contributed by atoms with E-state index in [0.29, 0.717) is 5.56 Å². The molecule has 0 bridgehead atoms. The Kier molecular flexibility index (Phi) is 4.81. The maximum atomic E-state index is 13.0. The standard InChI is InChI=1S/C18H9F3N2O/c19-18(20,21)16-4-2-1-3-14(16)9-15(11-23)17(24)13-7-5-12(10-22)6-8-13/h1-9H. The molecule has 24 heavy (non-hydrogen) atoms. The Morgan fingerprint density at radius 1 is 1.00 bits per heavy atom. The molecule has 2 aromatic rings. The molecule has 0 atom stereocenters. The van der Waals surface area contributed by atoms with Crippen molar-refractivity contribution in [3.05, 3.63) is 76.4 Å². The molecule has 118 valence electrons. The van der Waals surface area contributed by atoms with Gasteiger partial charge < -0.3 is 0 Å². The second-order valence-electron chi connectivity index (χ2n) is 4.77. The number of carbonyl (C=O) groups excluding carboxylic acids is 1. The highest BCUT2D eigenvalue weighted by Gasteiger charge is 2.32. The van der Waals surface area contributed by atoms with E-state index in [1.165, 1.54) is 42.5 Å². The van der Waals surface area contributed by atoms with Crippen molar-refractivity contribution in [1.82, 2.24) is 0 Å². The maximum Gasteiger partial charge on any atom is 0.416 e. The highest BCUT2D eigenvalue weighted by atomic mass is 19.4. The predicted molar refractivity (Wildman–Crippen MR) is 80.5 cm³/mol. The highest BCUT2D eigenvalue weighted by Crippen LogP contribution is 2.33. The molecule has 0 unspecified atom stereocenters. The van der Waals surface area contributed by atoms with Crippen LogP contribution in [0.5, 0.6) is 0 Å². The Morgan fingerprint density at radius 3 is 2.17 bits per heavy atom. The molecule has 2 aromatic carbocycles. The van der Waals surface area contributed by atoms with Crippen molar-refractivity contribution < 1.29 is 18.0 Å². The lowest BCUT2D eigenvalue weighted by Crippen LogP contribution is -2.08. The predicted octanol–water partition coefficient (Wildman–Crippen LogP) is 4.37. The van der Waals surface area contributed by atoms with E-state index in [0.717, 1.165) is 12.1 Å². The first-order valence-corrected chi connectivity index (χ1v) is 6.69. The van der Waals surface area contributed by atoms with Crippen molar-refractivity contribution >= 4 is 11.9 Å². The SMILES string of the molecule is N#CC(=Cc1ccccc1C(F)(F)F)C(=O)c1ccc(C#N)cc1. The van der Waals surface area contributed by atoms with E-state index in [2.05, 4.69) is 0 Å². The number of benzene rings is 2. The summed E-state index contributed by atoms with van der Waals surface area (Å²) in [5.41, 5.74) is -1.16. The van der Waals surface area contributed by atoms with Gasteiger partial charge in [-0.15, -0.1) is 0 Å². The van der Waals surface area contributed by atoms with Gasteiger partial charge in [-0.3, -0.25) is 4.79 Å². The summed E-state index contributed by atoms with van der Waals surface area (Å²) in [6.07, 6.45) is -3.67. The van der Waals surface area contributed by atoms with Gasteiger partial charge in [-0.05, 0) is 42.0 Å². The molecule has 0 aliphatic carbocycles. The summed E-state index contributed by atoms with van der Waals surface area (Å²) in [7, 11) is 0. The average Bonchev–Trinajstić information content (AvgIpc) is 2.58. The van der Waals surface area contributed by atoms with Crippen LogP contribution in [0.2, 0.25) is 0 Å². The molecule has 0 aliphatic heterocycles. The maximum absolute atomic E-state index is 13.0. The summed E-state index contributed by atoms with van der Waals surface area (Å²) in [6.45, 7) is 0. The van der Waals surface area contributed by atoms with Crippen molar-refractivity contribution in [2.24, 2.45) is 0 Å². The summed E-state index contributed by atoms with van der Waals surface area (Å²) in [5, 5.41) is 17.9. The topological polar surface area (TPSA) is 64.7 Å². The first-order valence-electron chi connectivity index (χ1n) is 6.69. The lowest BCUT2D eigenvalue weighted by Gasteiger charge is -2.10. The van der Waals surface area contributed by atoms with Gasteiger partial charge in [0.15, 0.2) is 0 Å². The van der Waals surface area contributed by atoms with Crippen molar-refractivity contribution in [3.8, 4) is 12.1 Å². The molecule has 3 nitrogen and oxygen atoms in total. The van der Waals surface area contributed by atoms with Crippen LogP contribution >= 0.6 is 0 Å². The third kappa shape index (κ3) is 3.68. The minimum Gasteiger partial charge on any atom is -0.288 e. The van der Waals surface area contributed by atoms with Gasteiger partial charge in [0.05, 0.1) is 17.2 Å². The fraction of sp³-hybridized carbons (Fsp3) is 0.0556. The first-order chi connectivity index (χ1) is 11.4. The second kappa shape index (κ2) is 6.80. The zero-order chi connectivity index (χ0) is 17.7. The van der Waals surface area contributed by atoms with Gasteiger partial charge in [0, 0.05) is 5.56 Å². The number of allylic oxidation sites excluding steroid dienone is 1. The summed E-state index contributed by atoms with van der Waals surface area (Å²) >= 11 is 0. The third-order valence-corrected chi connectivity index (χ3v) is 3.21. The number of hydrogen-bond acceptors (Lipinski definition) is 3. The molecule has 0 aromatic heterocycles. The molecule has 0 saturated carbocycles. The number of carbonyl (C=O) groups is 1. The first kappa shape index (κ1) is 17.0. The second-order valence-corrected chi connectivity index (χ2v) is 4.77. The van der Waals surface area contributed by atoms with Crippen LogP contribution in [0, 0.1) is 22.7 Å². The fourth-order valence-electron chi connectivity index (χ4n) is 2.04. The van der Waals surface area contributed by atoms with Crippen molar-refractivity contribution in [1.29, 1.82) is 10.5 Å². The molecule has 0 aliphatic rings. The Labute approximate surface area is 135 Å². The van der Waals surface area contributed by atoms with Gasteiger partial charge in [0.2, 0.25) is 5.78 Å². The summed E-state index contributed by atoms with van der Waals surface area (Å²) in [4.78, 5) is 12.3. The van der Waals surface area contributed by atoms with Crippen LogP contribution in [0.1, 0.15) is 27.0 Å². The lowest BCUT2D eigenvalue weighted by atomic mass is 9.99. The quantitative estimate of drug-likeness (QED) is 0.478. The van der Waals surface area contributed by atoms with Gasteiger partial charge in [-0.1, -0.05) is 18.2 Å². The molecular weight excluding hydrogens is 317 g/mol. The molecule has 0 N–H and O–H groups in total. The Bertz CT molecular complexity index is 882. The molecule has 6 heteroatoms. The average molecular weight is 326 g/mol. The lowest BCUT2D eigenvalue weighted by molar-refractivity contribution is -0.137. The largest absolute Gasteiger partial charge is 0.416 e. The summed E-state index contributed by atoms with van der Waals surface area (Å²) < 4.78 is 38.9. The van der Waals surface area contributed by atoms with Crippen LogP contribution in [0.3, 0.4) is 0 Å². The van der Waals surface area contributed by atoms with Crippen LogP contribution in [-0.4, -0.2) is 5.78 Å². The van der Waals surface area contributed by atoms with Gasteiger partial charge in [0.1, 0.15) is 11.6 Å². The molecule has 0 spiro atoms. The van der Waals surface area contributed by atoms with E-state index in [-0.39, 0.29) is 11.1 Å². The summed E-state index contributed by atoms with van der Waals surface area (Å²) in [6, 6.07) is 13.7. The molecule has 2 rings (SSSR count). The number of halogens is 3. The van der Waals surface area contributed by atoms with Gasteiger partial charge in [-0.2, -0.15) is 23.7 Å². The fourth-order valence-corrected chi connectivity index (χ4v) is 2.04. The van der Waals surface area contributed by atoms with Crippen LogP contribution in [0.15, 0.2) is 54.1 Å². The Morgan fingerprint density at radius 2 is 1.62 bits per heavy atom. The summed E-state index contributed by atoms with van der Waals surface area (Å²) in [5.74, 6) is -0.709. The number of hydrogen-bond donors (Lipinski definition) is 0. The normalized spacial score (nSPS) is 11.5. The van der Waals surface area contributed by atoms with Crippen LogP contribution in [-0.2, 0) is 6.18 Å². The molecule has 0 saturated heterocycles. The molecule has 0 amide bonds. The van der Waals surface area contributed by atoms with Gasteiger partial charge >= 0.3 is 6.18 Å². The van der Waals surface area contributed by atoms with E-state index in [1.54, 1.807) is 6.07 Å². The van der Waals surface area contributed by atoms with Crippen LogP contribution in [0.25, 0.3) is 6.08 Å². The monoisotopic (exact) mass is 326 g/mol. The zero-order valence-corrected chi connectivity index (χ0v) is 12.1. The minimum atomic E-state index is -4.59. The number of rotatable bonds is 3. The van der Waals surface area contributed by atoms with E-state index in [1.807, 2.05) is 6.07 Å². The molecular formula is C18H9F3N2O. The Hall–Kier alpha value is -3.38. The van der Waals surface area contributed by atoms with Crippen LogP contribution < -0.4 is 0 Å². The van der Waals surface area contributed by atoms with E-state index >= 15 is 0 Å². The Balaban J connectivity index is 2.45. The third-order valence-electron chi connectivity index (χ3n) is 3.21.